The van der Waals surface area contributed by atoms with Gasteiger partial charge in [-0.2, -0.15) is 0 Å². The lowest BCUT2D eigenvalue weighted by Gasteiger charge is -2.13. The molecule has 4 nitrogen and oxygen atoms in total. The van der Waals surface area contributed by atoms with E-state index >= 15 is 0 Å². The Bertz CT molecular complexity index is 919. The summed E-state index contributed by atoms with van der Waals surface area (Å²) in [5.74, 6) is 0.0834. The lowest BCUT2D eigenvalue weighted by Crippen LogP contribution is -2.34. The minimum Gasteiger partial charge on any atom is -0.439 e. The highest BCUT2D eigenvalue weighted by Crippen LogP contribution is 2.23. The first-order chi connectivity index (χ1) is 13.1. The maximum Gasteiger partial charge on any atom is 0.224 e. The van der Waals surface area contributed by atoms with Crippen LogP contribution < -0.4 is 15.4 Å². The summed E-state index contributed by atoms with van der Waals surface area (Å²) in [6, 6.07) is 15.7. The van der Waals surface area contributed by atoms with E-state index in [4.69, 9.17) is 17.0 Å². The number of nitrogens with zero attached hydrogens (tertiary/aromatic N) is 1. The van der Waals surface area contributed by atoms with Crippen molar-refractivity contribution in [2.45, 2.75) is 13.1 Å². The van der Waals surface area contributed by atoms with Crippen LogP contribution in [0, 0.1) is 11.6 Å². The van der Waals surface area contributed by atoms with Gasteiger partial charge in [-0.3, -0.25) is 0 Å². The standard InChI is InChI=1S/C20H17F2N3OS/c21-16-8-6-14(7-9-16)12-24-20(27)25-13-15-3-2-10-23-19(15)26-18-5-1-4-17(22)11-18/h1-11H,12-13H2,(H2,24,25,27). The molecule has 1 heterocycles. The van der Waals surface area contributed by atoms with Crippen LogP contribution in [-0.4, -0.2) is 10.1 Å². The number of hydrogen-bond donors (Lipinski definition) is 2. The summed E-state index contributed by atoms with van der Waals surface area (Å²) < 4.78 is 31.9. The number of pyridine rings is 1. The molecule has 0 aliphatic heterocycles. The van der Waals surface area contributed by atoms with E-state index in [2.05, 4.69) is 15.6 Å². The normalized spacial score (nSPS) is 10.3. The molecule has 3 aromatic rings. The van der Waals surface area contributed by atoms with E-state index in [1.54, 1.807) is 36.5 Å². The Hall–Kier alpha value is -3.06. The van der Waals surface area contributed by atoms with Crippen molar-refractivity contribution in [3.8, 4) is 11.6 Å². The maximum absolute atomic E-state index is 13.3. The van der Waals surface area contributed by atoms with Crippen molar-refractivity contribution in [2.75, 3.05) is 0 Å². The SMILES string of the molecule is Fc1ccc(CNC(=S)NCc2cccnc2Oc2cccc(F)c2)cc1. The van der Waals surface area contributed by atoms with Gasteiger partial charge in [-0.05, 0) is 48.1 Å². The van der Waals surface area contributed by atoms with Crippen molar-refractivity contribution in [3.63, 3.8) is 0 Å². The fourth-order valence-electron chi connectivity index (χ4n) is 2.32. The fourth-order valence-corrected chi connectivity index (χ4v) is 2.46. The molecular formula is C20H17F2N3OS. The Morgan fingerprint density at radius 1 is 0.926 bits per heavy atom. The summed E-state index contributed by atoms with van der Waals surface area (Å²) >= 11 is 5.26. The van der Waals surface area contributed by atoms with Crippen molar-refractivity contribution in [1.29, 1.82) is 0 Å². The Labute approximate surface area is 161 Å². The predicted molar refractivity (Wildman–Crippen MR) is 103 cm³/mol. The number of halogens is 2. The first-order valence-corrected chi connectivity index (χ1v) is 8.64. The van der Waals surface area contributed by atoms with Gasteiger partial charge in [0.15, 0.2) is 5.11 Å². The molecule has 2 aromatic carbocycles. The van der Waals surface area contributed by atoms with Gasteiger partial charge in [0.05, 0.1) is 0 Å². The van der Waals surface area contributed by atoms with Gasteiger partial charge in [-0.25, -0.2) is 13.8 Å². The molecule has 0 saturated carbocycles. The molecule has 0 fully saturated rings. The molecule has 0 aliphatic carbocycles. The van der Waals surface area contributed by atoms with Crippen LogP contribution in [0.25, 0.3) is 0 Å². The first-order valence-electron chi connectivity index (χ1n) is 8.23. The average molecular weight is 385 g/mol. The molecule has 1 aromatic heterocycles. The van der Waals surface area contributed by atoms with Crippen LogP contribution in [0.5, 0.6) is 11.6 Å². The highest BCUT2D eigenvalue weighted by molar-refractivity contribution is 7.80. The Balaban J connectivity index is 1.56. The molecule has 138 valence electrons. The molecule has 0 spiro atoms. The second-order valence-electron chi connectivity index (χ2n) is 5.69. The lowest BCUT2D eigenvalue weighted by atomic mass is 10.2. The van der Waals surface area contributed by atoms with Crippen molar-refractivity contribution in [3.05, 3.63) is 89.6 Å². The zero-order chi connectivity index (χ0) is 19.1. The highest BCUT2D eigenvalue weighted by Gasteiger charge is 2.07. The second-order valence-corrected chi connectivity index (χ2v) is 6.10. The van der Waals surface area contributed by atoms with Crippen LogP contribution in [0.15, 0.2) is 66.9 Å². The molecule has 0 radical (unpaired) electrons. The zero-order valence-electron chi connectivity index (χ0n) is 14.3. The number of aromatic nitrogens is 1. The summed E-state index contributed by atoms with van der Waals surface area (Å²) in [7, 11) is 0. The monoisotopic (exact) mass is 385 g/mol. The molecular weight excluding hydrogens is 368 g/mol. The average Bonchev–Trinajstić information content (AvgIpc) is 2.67. The fraction of sp³-hybridized carbons (Fsp3) is 0.100. The van der Waals surface area contributed by atoms with E-state index in [1.807, 2.05) is 6.07 Å². The molecule has 3 rings (SSSR count). The van der Waals surface area contributed by atoms with Crippen molar-refractivity contribution >= 4 is 17.3 Å². The van der Waals surface area contributed by atoms with Crippen molar-refractivity contribution in [2.24, 2.45) is 0 Å². The summed E-state index contributed by atoms with van der Waals surface area (Å²) in [6.07, 6.45) is 1.60. The molecule has 0 atom stereocenters. The quantitative estimate of drug-likeness (QED) is 0.619. The van der Waals surface area contributed by atoms with E-state index in [9.17, 15) is 8.78 Å². The van der Waals surface area contributed by atoms with E-state index in [0.717, 1.165) is 11.1 Å². The molecule has 0 unspecified atom stereocenters. The summed E-state index contributed by atoms with van der Waals surface area (Å²) in [5.41, 5.74) is 1.68. The van der Waals surface area contributed by atoms with E-state index in [0.29, 0.717) is 29.8 Å². The van der Waals surface area contributed by atoms with Gasteiger partial charge in [-0.1, -0.05) is 24.3 Å². The number of rotatable bonds is 6. The summed E-state index contributed by atoms with van der Waals surface area (Å²) in [6.45, 7) is 0.861. The molecule has 0 saturated heterocycles. The molecule has 2 N–H and O–H groups in total. The van der Waals surface area contributed by atoms with Crippen LogP contribution in [0.2, 0.25) is 0 Å². The maximum atomic E-state index is 13.3. The third-order valence-corrected chi connectivity index (χ3v) is 3.95. The van der Waals surface area contributed by atoms with Crippen LogP contribution in [0.1, 0.15) is 11.1 Å². The van der Waals surface area contributed by atoms with Gasteiger partial charge in [0.2, 0.25) is 5.88 Å². The van der Waals surface area contributed by atoms with Gasteiger partial charge in [0.1, 0.15) is 17.4 Å². The summed E-state index contributed by atoms with van der Waals surface area (Å²) in [5, 5.41) is 6.57. The Kier molecular flexibility index (Phi) is 6.27. The van der Waals surface area contributed by atoms with Gasteiger partial charge >= 0.3 is 0 Å². The molecule has 0 aliphatic rings. The molecule has 0 bridgehead atoms. The topological polar surface area (TPSA) is 46.2 Å². The van der Waals surface area contributed by atoms with Gasteiger partial charge in [0.25, 0.3) is 0 Å². The molecule has 7 heteroatoms. The van der Waals surface area contributed by atoms with Gasteiger partial charge in [-0.15, -0.1) is 0 Å². The minimum absolute atomic E-state index is 0.276. The largest absolute Gasteiger partial charge is 0.439 e. The number of nitrogens with one attached hydrogen (secondary N) is 2. The number of hydrogen-bond acceptors (Lipinski definition) is 3. The Morgan fingerprint density at radius 2 is 1.70 bits per heavy atom. The predicted octanol–water partition coefficient (Wildman–Crippen LogP) is 4.32. The van der Waals surface area contributed by atoms with E-state index in [1.165, 1.54) is 24.3 Å². The van der Waals surface area contributed by atoms with Crippen LogP contribution in [0.4, 0.5) is 8.78 Å². The smallest absolute Gasteiger partial charge is 0.224 e. The van der Waals surface area contributed by atoms with Crippen molar-refractivity contribution in [1.82, 2.24) is 15.6 Å². The van der Waals surface area contributed by atoms with Crippen LogP contribution >= 0.6 is 12.2 Å². The van der Waals surface area contributed by atoms with Crippen LogP contribution in [-0.2, 0) is 13.1 Å². The lowest BCUT2D eigenvalue weighted by molar-refractivity contribution is 0.451. The third-order valence-electron chi connectivity index (χ3n) is 3.67. The van der Waals surface area contributed by atoms with Crippen molar-refractivity contribution < 1.29 is 13.5 Å². The van der Waals surface area contributed by atoms with Crippen LogP contribution in [0.3, 0.4) is 0 Å². The number of benzene rings is 2. The van der Waals surface area contributed by atoms with E-state index < -0.39 is 0 Å². The van der Waals surface area contributed by atoms with Gasteiger partial charge < -0.3 is 15.4 Å². The third kappa shape index (κ3) is 5.72. The number of ether oxygens (including phenoxy) is 1. The second kappa shape index (κ2) is 9.05. The molecule has 27 heavy (non-hydrogen) atoms. The molecule has 0 amide bonds. The number of thiocarbonyl (C=S) groups is 1. The minimum atomic E-state index is -0.380. The van der Waals surface area contributed by atoms with E-state index in [-0.39, 0.29) is 11.6 Å². The zero-order valence-corrected chi connectivity index (χ0v) is 15.1. The summed E-state index contributed by atoms with van der Waals surface area (Å²) in [4.78, 5) is 4.20. The first kappa shape index (κ1) is 18.7. The van der Waals surface area contributed by atoms with Gasteiger partial charge in [0, 0.05) is 30.9 Å². The Morgan fingerprint density at radius 3 is 2.48 bits per heavy atom. The highest BCUT2D eigenvalue weighted by atomic mass is 32.1.